The fourth-order valence-electron chi connectivity index (χ4n) is 2.09. The number of para-hydroxylation sites is 1. The summed E-state index contributed by atoms with van der Waals surface area (Å²) in [4.78, 5) is 0. The number of aliphatic hydroxyl groups is 2. The molecule has 0 unspecified atom stereocenters. The zero-order valence-electron chi connectivity index (χ0n) is 16.6. The molecule has 0 aliphatic rings. The van der Waals surface area contributed by atoms with E-state index in [-0.39, 0.29) is 0 Å². The summed E-state index contributed by atoms with van der Waals surface area (Å²) in [5.41, 5.74) is -1.53. The van der Waals surface area contributed by atoms with Crippen LogP contribution in [-0.2, 0) is 0 Å². The quantitative estimate of drug-likeness (QED) is 0.521. The fourth-order valence-corrected chi connectivity index (χ4v) is 2.09. The third kappa shape index (κ3) is 6.07. The van der Waals surface area contributed by atoms with Gasteiger partial charge in [0.05, 0.1) is 11.2 Å². The van der Waals surface area contributed by atoms with E-state index in [4.69, 9.17) is 25.0 Å². The average molecular weight is 382 g/mol. The summed E-state index contributed by atoms with van der Waals surface area (Å²) < 4.78 is 5.77. The normalized spacial score (nSPS) is 11.6. The van der Waals surface area contributed by atoms with Gasteiger partial charge >= 0.3 is 7.12 Å². The Balaban J connectivity index is 0.000000300. The van der Waals surface area contributed by atoms with E-state index in [1.807, 2.05) is 54.6 Å². The lowest BCUT2D eigenvalue weighted by Gasteiger charge is -2.31. The minimum Gasteiger partial charge on any atom is -0.457 e. The minimum atomic E-state index is -1.44. The predicted octanol–water partition coefficient (Wildman–Crippen LogP) is 2.84. The Labute approximate surface area is 166 Å². The van der Waals surface area contributed by atoms with Gasteiger partial charge in [-0.2, -0.15) is 0 Å². The molecule has 28 heavy (non-hydrogen) atoms. The number of benzene rings is 3. The molecule has 0 aliphatic heterocycles. The molecule has 5 nitrogen and oxygen atoms in total. The SMILES string of the molecule is CC(C)(O)C(C)(C)O.OB(O)c1ccc2cc(Oc3ccccc3)ccc2c1. The first-order chi connectivity index (χ1) is 13.0. The molecule has 6 heteroatoms. The summed E-state index contributed by atoms with van der Waals surface area (Å²) in [5, 5.41) is 38.5. The molecule has 4 N–H and O–H groups in total. The Morgan fingerprint density at radius 2 is 1.21 bits per heavy atom. The molecule has 0 saturated heterocycles. The molecule has 0 saturated carbocycles. The highest BCUT2D eigenvalue weighted by Gasteiger charge is 2.31. The van der Waals surface area contributed by atoms with Crippen molar-refractivity contribution in [3.05, 3.63) is 66.7 Å². The Bertz CT molecular complexity index is 884. The summed E-state index contributed by atoms with van der Waals surface area (Å²) in [7, 11) is -1.44. The molecule has 0 radical (unpaired) electrons. The highest BCUT2D eigenvalue weighted by Crippen LogP contribution is 2.25. The van der Waals surface area contributed by atoms with Crippen molar-refractivity contribution in [1.82, 2.24) is 0 Å². The smallest absolute Gasteiger partial charge is 0.457 e. The van der Waals surface area contributed by atoms with Crippen molar-refractivity contribution in [2.75, 3.05) is 0 Å². The predicted molar refractivity (Wildman–Crippen MR) is 113 cm³/mol. The van der Waals surface area contributed by atoms with Gasteiger partial charge in [-0.25, -0.2) is 0 Å². The van der Waals surface area contributed by atoms with E-state index >= 15 is 0 Å². The van der Waals surface area contributed by atoms with Crippen LogP contribution < -0.4 is 10.2 Å². The van der Waals surface area contributed by atoms with Crippen LogP contribution in [0.4, 0.5) is 0 Å². The van der Waals surface area contributed by atoms with E-state index in [0.29, 0.717) is 5.46 Å². The zero-order chi connectivity index (χ0) is 20.9. The van der Waals surface area contributed by atoms with E-state index < -0.39 is 18.3 Å². The topological polar surface area (TPSA) is 90.2 Å². The number of fused-ring (bicyclic) bond motifs is 1. The molecule has 0 atom stereocenters. The second-order valence-corrected chi connectivity index (χ2v) is 7.68. The number of ether oxygens (including phenoxy) is 1. The van der Waals surface area contributed by atoms with Gasteiger partial charge < -0.3 is 25.0 Å². The fraction of sp³-hybridized carbons (Fsp3) is 0.273. The summed E-state index contributed by atoms with van der Waals surface area (Å²) in [6.07, 6.45) is 0. The lowest BCUT2D eigenvalue weighted by atomic mass is 9.79. The van der Waals surface area contributed by atoms with E-state index in [1.165, 1.54) is 0 Å². The zero-order valence-corrected chi connectivity index (χ0v) is 16.6. The first-order valence-electron chi connectivity index (χ1n) is 9.05. The third-order valence-corrected chi connectivity index (χ3v) is 4.61. The van der Waals surface area contributed by atoms with Crippen molar-refractivity contribution in [1.29, 1.82) is 0 Å². The minimum absolute atomic E-state index is 0.481. The van der Waals surface area contributed by atoms with Crippen LogP contribution in [0.2, 0.25) is 0 Å². The van der Waals surface area contributed by atoms with Crippen molar-refractivity contribution in [3.8, 4) is 11.5 Å². The molecule has 148 valence electrons. The second-order valence-electron chi connectivity index (χ2n) is 7.68. The first kappa shape index (κ1) is 21.9. The van der Waals surface area contributed by atoms with Gasteiger partial charge in [0.25, 0.3) is 0 Å². The molecular weight excluding hydrogens is 355 g/mol. The molecule has 0 bridgehead atoms. The number of rotatable bonds is 4. The van der Waals surface area contributed by atoms with Crippen LogP contribution in [0.1, 0.15) is 27.7 Å². The standard InChI is InChI=1S/C16H13BO3.C6H14O2/c18-17(19)14-8-6-13-11-16(9-7-12(13)10-14)20-15-4-2-1-3-5-15;1-5(2,7)6(3,4)8/h1-11,18-19H;7-8H,1-4H3. The monoisotopic (exact) mass is 382 g/mol. The Morgan fingerprint density at radius 1 is 0.679 bits per heavy atom. The van der Waals surface area contributed by atoms with Gasteiger partial charge in [-0.3, -0.25) is 0 Å². The van der Waals surface area contributed by atoms with Gasteiger partial charge in [-0.05, 0) is 68.2 Å². The number of hydrogen-bond acceptors (Lipinski definition) is 5. The van der Waals surface area contributed by atoms with Gasteiger partial charge in [-0.1, -0.05) is 42.5 Å². The molecule has 0 spiro atoms. The van der Waals surface area contributed by atoms with Gasteiger partial charge in [0.2, 0.25) is 0 Å². The van der Waals surface area contributed by atoms with Crippen molar-refractivity contribution in [2.45, 2.75) is 38.9 Å². The van der Waals surface area contributed by atoms with E-state index in [1.54, 1.807) is 39.8 Å². The molecule has 3 aromatic carbocycles. The third-order valence-electron chi connectivity index (χ3n) is 4.61. The van der Waals surface area contributed by atoms with Gasteiger partial charge in [0.1, 0.15) is 11.5 Å². The van der Waals surface area contributed by atoms with Crippen LogP contribution in [0.25, 0.3) is 10.8 Å². The Morgan fingerprint density at radius 3 is 1.75 bits per heavy atom. The van der Waals surface area contributed by atoms with Crippen molar-refractivity contribution < 1.29 is 25.0 Å². The summed E-state index contributed by atoms with van der Waals surface area (Å²) in [6, 6.07) is 20.6. The molecule has 0 heterocycles. The maximum Gasteiger partial charge on any atom is 0.488 e. The molecule has 0 fully saturated rings. The van der Waals surface area contributed by atoms with Crippen molar-refractivity contribution >= 4 is 23.4 Å². The van der Waals surface area contributed by atoms with Crippen LogP contribution in [0, 0.1) is 0 Å². The van der Waals surface area contributed by atoms with Crippen LogP contribution >= 0.6 is 0 Å². The van der Waals surface area contributed by atoms with Crippen LogP contribution in [0.15, 0.2) is 66.7 Å². The molecule has 3 rings (SSSR count). The molecule has 0 aliphatic carbocycles. The van der Waals surface area contributed by atoms with E-state index in [9.17, 15) is 0 Å². The van der Waals surface area contributed by atoms with Gasteiger partial charge in [0.15, 0.2) is 0 Å². The lowest BCUT2D eigenvalue weighted by Crippen LogP contribution is -2.44. The molecule has 3 aromatic rings. The molecule has 0 amide bonds. The Hall–Kier alpha value is -2.38. The van der Waals surface area contributed by atoms with Crippen LogP contribution in [0.3, 0.4) is 0 Å². The van der Waals surface area contributed by atoms with Crippen LogP contribution in [0.5, 0.6) is 11.5 Å². The molecular formula is C22H27BO5. The van der Waals surface area contributed by atoms with Crippen LogP contribution in [-0.4, -0.2) is 38.6 Å². The summed E-state index contributed by atoms with van der Waals surface area (Å²) >= 11 is 0. The number of hydrogen-bond donors (Lipinski definition) is 4. The van der Waals surface area contributed by atoms with E-state index in [2.05, 4.69) is 0 Å². The Kier molecular flexibility index (Phi) is 6.85. The van der Waals surface area contributed by atoms with Crippen molar-refractivity contribution in [3.63, 3.8) is 0 Å². The second kappa shape index (κ2) is 8.75. The van der Waals surface area contributed by atoms with Crippen molar-refractivity contribution in [2.24, 2.45) is 0 Å². The lowest BCUT2D eigenvalue weighted by molar-refractivity contribution is -0.107. The maximum absolute atomic E-state index is 9.16. The summed E-state index contributed by atoms with van der Waals surface area (Å²) in [5.74, 6) is 1.54. The maximum atomic E-state index is 9.16. The summed E-state index contributed by atoms with van der Waals surface area (Å²) in [6.45, 7) is 6.31. The first-order valence-corrected chi connectivity index (χ1v) is 9.05. The molecule has 0 aromatic heterocycles. The van der Waals surface area contributed by atoms with Gasteiger partial charge in [-0.15, -0.1) is 0 Å². The highest BCUT2D eigenvalue weighted by atomic mass is 16.5. The van der Waals surface area contributed by atoms with Gasteiger partial charge in [0, 0.05) is 0 Å². The highest BCUT2D eigenvalue weighted by molar-refractivity contribution is 6.58. The largest absolute Gasteiger partial charge is 0.488 e. The average Bonchev–Trinajstić information content (AvgIpc) is 2.61. The van der Waals surface area contributed by atoms with E-state index in [0.717, 1.165) is 22.3 Å².